The van der Waals surface area contributed by atoms with Crippen molar-refractivity contribution in [2.75, 3.05) is 13.2 Å². The van der Waals surface area contributed by atoms with Gasteiger partial charge in [-0.1, -0.05) is 18.2 Å². The number of ether oxygens (including phenoxy) is 2. The molecule has 0 amide bonds. The number of para-hydroxylation sites is 1. The van der Waals surface area contributed by atoms with Crippen molar-refractivity contribution in [3.63, 3.8) is 0 Å². The molecule has 1 heterocycles. The molecule has 1 fully saturated rings. The van der Waals surface area contributed by atoms with Gasteiger partial charge in [-0.05, 0) is 12.1 Å². The zero-order valence-corrected chi connectivity index (χ0v) is 6.90. The fraction of sp³-hybridized carbons (Fsp3) is 0.400. The minimum absolute atomic E-state index is 0.257. The molecule has 1 aromatic carbocycles. The van der Waals surface area contributed by atoms with Crippen molar-refractivity contribution in [3.8, 4) is 5.75 Å². The highest BCUT2D eigenvalue weighted by atomic mass is 16.5. The number of benzene rings is 1. The average molecular weight is 164 g/mol. The minimum atomic E-state index is 0.257. The molecule has 2 heteroatoms. The van der Waals surface area contributed by atoms with Crippen LogP contribution in [0.5, 0.6) is 5.75 Å². The first-order valence-corrected chi connectivity index (χ1v) is 4.24. The second-order valence-corrected chi connectivity index (χ2v) is 2.92. The quantitative estimate of drug-likeness (QED) is 0.664. The van der Waals surface area contributed by atoms with Gasteiger partial charge in [-0.15, -0.1) is 0 Å². The maximum Gasteiger partial charge on any atom is 0.124 e. The SMILES string of the molecule is c1ccc(O[C@H]2CCOC2)cc1. The summed E-state index contributed by atoms with van der Waals surface area (Å²) in [5.74, 6) is 0.938. The summed E-state index contributed by atoms with van der Waals surface area (Å²) in [6.45, 7) is 1.56. The van der Waals surface area contributed by atoms with E-state index in [1.54, 1.807) is 0 Å². The van der Waals surface area contributed by atoms with Crippen molar-refractivity contribution in [2.45, 2.75) is 12.5 Å². The van der Waals surface area contributed by atoms with Crippen LogP contribution in [0.3, 0.4) is 0 Å². The Labute approximate surface area is 72.1 Å². The van der Waals surface area contributed by atoms with Gasteiger partial charge in [-0.3, -0.25) is 0 Å². The van der Waals surface area contributed by atoms with Gasteiger partial charge in [0, 0.05) is 6.42 Å². The van der Waals surface area contributed by atoms with Crippen molar-refractivity contribution in [1.29, 1.82) is 0 Å². The minimum Gasteiger partial charge on any atom is -0.488 e. The molecule has 0 radical (unpaired) electrons. The maximum absolute atomic E-state index is 5.65. The van der Waals surface area contributed by atoms with E-state index in [0.29, 0.717) is 0 Å². The predicted octanol–water partition coefficient (Wildman–Crippen LogP) is 1.85. The van der Waals surface area contributed by atoms with Crippen LogP contribution in [0.2, 0.25) is 0 Å². The summed E-state index contributed by atoms with van der Waals surface area (Å²) in [7, 11) is 0. The summed E-state index contributed by atoms with van der Waals surface area (Å²) in [5.41, 5.74) is 0. The van der Waals surface area contributed by atoms with Crippen LogP contribution in [0.4, 0.5) is 0 Å². The van der Waals surface area contributed by atoms with E-state index in [-0.39, 0.29) is 6.10 Å². The lowest BCUT2D eigenvalue weighted by Gasteiger charge is -2.10. The molecule has 0 N–H and O–H groups in total. The molecule has 12 heavy (non-hydrogen) atoms. The third-order valence-electron chi connectivity index (χ3n) is 1.93. The molecule has 64 valence electrons. The summed E-state index contributed by atoms with van der Waals surface area (Å²) < 4.78 is 10.9. The Morgan fingerprint density at radius 2 is 2.08 bits per heavy atom. The van der Waals surface area contributed by atoms with Gasteiger partial charge >= 0.3 is 0 Å². The van der Waals surface area contributed by atoms with Gasteiger partial charge in [-0.2, -0.15) is 0 Å². The molecule has 1 aromatic rings. The highest BCUT2D eigenvalue weighted by molar-refractivity contribution is 5.21. The molecule has 0 saturated carbocycles. The van der Waals surface area contributed by atoms with Crippen molar-refractivity contribution >= 4 is 0 Å². The Bertz CT molecular complexity index is 227. The Morgan fingerprint density at radius 1 is 1.25 bits per heavy atom. The molecule has 0 spiro atoms. The van der Waals surface area contributed by atoms with Gasteiger partial charge in [0.2, 0.25) is 0 Å². The molecular weight excluding hydrogens is 152 g/mol. The van der Waals surface area contributed by atoms with E-state index in [9.17, 15) is 0 Å². The van der Waals surface area contributed by atoms with E-state index in [0.717, 1.165) is 25.4 Å². The third kappa shape index (κ3) is 1.77. The Kier molecular flexibility index (Phi) is 2.28. The standard InChI is InChI=1S/C10H12O2/c1-2-4-9(5-3-1)12-10-6-7-11-8-10/h1-5,10H,6-8H2/t10-/m0/s1. The van der Waals surface area contributed by atoms with Crippen LogP contribution in [-0.4, -0.2) is 19.3 Å². The lowest BCUT2D eigenvalue weighted by molar-refractivity contribution is 0.141. The second-order valence-electron chi connectivity index (χ2n) is 2.92. The fourth-order valence-electron chi connectivity index (χ4n) is 1.30. The Hall–Kier alpha value is -1.02. The van der Waals surface area contributed by atoms with Crippen LogP contribution in [0, 0.1) is 0 Å². The van der Waals surface area contributed by atoms with E-state index in [2.05, 4.69) is 0 Å². The molecule has 1 atom stereocenters. The summed E-state index contributed by atoms with van der Waals surface area (Å²) >= 11 is 0. The number of hydrogen-bond donors (Lipinski definition) is 0. The largest absolute Gasteiger partial charge is 0.488 e. The van der Waals surface area contributed by atoms with Gasteiger partial charge in [-0.25, -0.2) is 0 Å². The van der Waals surface area contributed by atoms with Crippen molar-refractivity contribution in [2.24, 2.45) is 0 Å². The summed E-state index contributed by atoms with van der Waals surface area (Å²) in [4.78, 5) is 0. The topological polar surface area (TPSA) is 18.5 Å². The van der Waals surface area contributed by atoms with Crippen LogP contribution in [0.25, 0.3) is 0 Å². The molecule has 1 aliphatic rings. The molecule has 0 aliphatic carbocycles. The maximum atomic E-state index is 5.65. The molecule has 2 nitrogen and oxygen atoms in total. The van der Waals surface area contributed by atoms with Gasteiger partial charge in [0.15, 0.2) is 0 Å². The van der Waals surface area contributed by atoms with Gasteiger partial charge in [0.25, 0.3) is 0 Å². The molecule has 1 saturated heterocycles. The van der Waals surface area contributed by atoms with E-state index < -0.39 is 0 Å². The molecule has 0 aromatic heterocycles. The van der Waals surface area contributed by atoms with Crippen LogP contribution in [0.1, 0.15) is 6.42 Å². The van der Waals surface area contributed by atoms with Crippen molar-refractivity contribution < 1.29 is 9.47 Å². The molecule has 1 aliphatic heterocycles. The number of hydrogen-bond acceptors (Lipinski definition) is 2. The monoisotopic (exact) mass is 164 g/mol. The molecule has 0 unspecified atom stereocenters. The summed E-state index contributed by atoms with van der Waals surface area (Å²) in [6, 6.07) is 9.88. The number of rotatable bonds is 2. The lowest BCUT2D eigenvalue weighted by Crippen LogP contribution is -2.15. The van der Waals surface area contributed by atoms with E-state index in [4.69, 9.17) is 9.47 Å². The van der Waals surface area contributed by atoms with Gasteiger partial charge < -0.3 is 9.47 Å². The van der Waals surface area contributed by atoms with Gasteiger partial charge in [0.05, 0.1) is 13.2 Å². The normalized spacial score (nSPS) is 22.5. The van der Waals surface area contributed by atoms with Crippen molar-refractivity contribution in [3.05, 3.63) is 30.3 Å². The smallest absolute Gasteiger partial charge is 0.124 e. The first kappa shape index (κ1) is 7.62. The van der Waals surface area contributed by atoms with E-state index in [1.807, 2.05) is 30.3 Å². The summed E-state index contributed by atoms with van der Waals surface area (Å²) in [6.07, 6.45) is 1.27. The second kappa shape index (κ2) is 3.59. The van der Waals surface area contributed by atoms with Crippen LogP contribution in [-0.2, 0) is 4.74 Å². The molecule has 2 rings (SSSR count). The first-order valence-electron chi connectivity index (χ1n) is 4.24. The van der Waals surface area contributed by atoms with Gasteiger partial charge in [0.1, 0.15) is 11.9 Å². The highest BCUT2D eigenvalue weighted by Crippen LogP contribution is 2.15. The van der Waals surface area contributed by atoms with Crippen LogP contribution >= 0.6 is 0 Å². The summed E-state index contributed by atoms with van der Waals surface area (Å²) in [5, 5.41) is 0. The lowest BCUT2D eigenvalue weighted by atomic mass is 10.3. The zero-order chi connectivity index (χ0) is 8.23. The zero-order valence-electron chi connectivity index (χ0n) is 6.90. The molecular formula is C10H12O2. The van der Waals surface area contributed by atoms with E-state index in [1.165, 1.54) is 0 Å². The third-order valence-corrected chi connectivity index (χ3v) is 1.93. The Balaban J connectivity index is 1.94. The van der Waals surface area contributed by atoms with Crippen LogP contribution < -0.4 is 4.74 Å². The molecule has 0 bridgehead atoms. The predicted molar refractivity (Wildman–Crippen MR) is 46.3 cm³/mol. The fourth-order valence-corrected chi connectivity index (χ4v) is 1.30. The highest BCUT2D eigenvalue weighted by Gasteiger charge is 2.16. The Morgan fingerprint density at radius 3 is 2.75 bits per heavy atom. The van der Waals surface area contributed by atoms with E-state index >= 15 is 0 Å². The van der Waals surface area contributed by atoms with Crippen molar-refractivity contribution in [1.82, 2.24) is 0 Å². The van der Waals surface area contributed by atoms with Crippen LogP contribution in [0.15, 0.2) is 30.3 Å². The average Bonchev–Trinajstić information content (AvgIpc) is 2.59. The first-order chi connectivity index (χ1) is 5.95.